The van der Waals surface area contributed by atoms with Gasteiger partial charge in [0.1, 0.15) is 24.7 Å². The maximum absolute atomic E-state index is 13.8. The van der Waals surface area contributed by atoms with Crippen LogP contribution in [0.3, 0.4) is 0 Å². The first-order chi connectivity index (χ1) is 17.4. The molecule has 6 nitrogen and oxygen atoms in total. The van der Waals surface area contributed by atoms with Crippen molar-refractivity contribution >= 4 is 28.5 Å². The van der Waals surface area contributed by atoms with Crippen LogP contribution in [0.25, 0.3) is 22.2 Å². The van der Waals surface area contributed by atoms with Crippen LogP contribution >= 0.6 is 11.6 Å². The number of halogens is 2. The molecule has 2 aromatic heterocycles. The van der Waals surface area contributed by atoms with Gasteiger partial charge in [-0.1, -0.05) is 41.9 Å². The van der Waals surface area contributed by atoms with E-state index in [1.807, 2.05) is 42.5 Å². The Balaban J connectivity index is 1.64. The number of nitrogens with zero attached hydrogens (tertiary/aromatic N) is 2. The van der Waals surface area contributed by atoms with Gasteiger partial charge in [0, 0.05) is 33.0 Å². The Labute approximate surface area is 212 Å². The van der Waals surface area contributed by atoms with Gasteiger partial charge < -0.3 is 10.7 Å². The van der Waals surface area contributed by atoms with E-state index in [-0.39, 0.29) is 11.7 Å². The Kier molecular flexibility index (Phi) is 6.40. The summed E-state index contributed by atoms with van der Waals surface area (Å²) in [5.74, 6) is -0.458. The van der Waals surface area contributed by atoms with Gasteiger partial charge >= 0.3 is 0 Å². The minimum atomic E-state index is -0.550. The zero-order valence-electron chi connectivity index (χ0n) is 19.4. The molecule has 0 fully saturated rings. The average Bonchev–Trinajstić information content (AvgIpc) is 3.30. The number of amides is 1. The smallest absolute Gasteiger partial charge is 0.249 e. The standard InChI is InChI=1S/C28H22ClFN4O2/c1-36-34-16-18(22-14-19(29)8-10-21(22)27(31)35)7-12-26(34)23(13-17-5-3-2-4-6-17)28-32-24-11-9-20(30)15-25(24)33-28/h2-12,14-16,23H,13H2,1H3,(H2-,31,32,33,35)/p+1/t23-/m0/s1. The lowest BCUT2D eigenvalue weighted by molar-refractivity contribution is -0.890. The first kappa shape index (κ1) is 23.5. The molecule has 0 spiro atoms. The van der Waals surface area contributed by atoms with Crippen LogP contribution in [0, 0.1) is 5.82 Å². The minimum Gasteiger partial charge on any atom is -0.366 e. The molecule has 0 aliphatic carbocycles. The molecule has 0 saturated carbocycles. The monoisotopic (exact) mass is 501 g/mol. The second-order valence-corrected chi connectivity index (χ2v) is 8.87. The molecule has 1 amide bonds. The number of nitrogens with one attached hydrogen (secondary N) is 1. The summed E-state index contributed by atoms with van der Waals surface area (Å²) in [5.41, 5.74) is 10.5. The van der Waals surface area contributed by atoms with Gasteiger partial charge in [-0.2, -0.15) is 0 Å². The molecule has 3 N–H and O–H groups in total. The van der Waals surface area contributed by atoms with E-state index in [0.717, 1.165) is 16.8 Å². The number of primary amides is 1. The van der Waals surface area contributed by atoms with Crippen molar-refractivity contribution in [3.05, 3.63) is 119 Å². The number of pyridine rings is 1. The zero-order chi connectivity index (χ0) is 25.2. The quantitative estimate of drug-likeness (QED) is 0.313. The number of imidazole rings is 1. The Morgan fingerprint density at radius 3 is 2.67 bits per heavy atom. The molecular formula is C28H23ClFN4O2+. The van der Waals surface area contributed by atoms with Crippen LogP contribution in [0.5, 0.6) is 0 Å². The highest BCUT2D eigenvalue weighted by molar-refractivity contribution is 6.31. The van der Waals surface area contributed by atoms with Gasteiger partial charge in [-0.25, -0.2) is 9.37 Å². The predicted molar refractivity (Wildman–Crippen MR) is 136 cm³/mol. The number of H-pyrrole nitrogens is 1. The van der Waals surface area contributed by atoms with Gasteiger partial charge in [-0.05, 0) is 48.4 Å². The van der Waals surface area contributed by atoms with Crippen molar-refractivity contribution in [2.75, 3.05) is 7.11 Å². The topological polar surface area (TPSA) is 84.9 Å². The third-order valence-corrected chi connectivity index (χ3v) is 6.37. The normalized spacial score (nSPS) is 12.0. The number of aromatic nitrogens is 3. The molecule has 0 radical (unpaired) electrons. The van der Waals surface area contributed by atoms with Crippen LogP contribution in [0.1, 0.15) is 33.4 Å². The summed E-state index contributed by atoms with van der Waals surface area (Å²) in [4.78, 5) is 25.8. The number of hydrogen-bond acceptors (Lipinski definition) is 3. The number of carbonyl (C=O) groups excluding carboxylic acids is 1. The second-order valence-electron chi connectivity index (χ2n) is 8.43. The molecule has 8 heteroatoms. The lowest BCUT2D eigenvalue weighted by Gasteiger charge is -2.14. The van der Waals surface area contributed by atoms with E-state index in [0.29, 0.717) is 39.5 Å². The lowest BCUT2D eigenvalue weighted by Crippen LogP contribution is -2.46. The van der Waals surface area contributed by atoms with E-state index in [9.17, 15) is 9.18 Å². The maximum atomic E-state index is 13.8. The highest BCUT2D eigenvalue weighted by atomic mass is 35.5. The fourth-order valence-electron chi connectivity index (χ4n) is 4.40. The Bertz CT molecular complexity index is 1570. The van der Waals surface area contributed by atoms with Crippen LogP contribution < -0.4 is 15.3 Å². The summed E-state index contributed by atoms with van der Waals surface area (Å²) in [6.45, 7) is 0. The summed E-state index contributed by atoms with van der Waals surface area (Å²) in [6.07, 6.45) is 2.41. The van der Waals surface area contributed by atoms with E-state index in [1.54, 1.807) is 42.3 Å². The highest BCUT2D eigenvalue weighted by Gasteiger charge is 2.30. The zero-order valence-corrected chi connectivity index (χ0v) is 20.2. The molecule has 1 atom stereocenters. The van der Waals surface area contributed by atoms with Gasteiger partial charge in [0.2, 0.25) is 17.8 Å². The Hall–Kier alpha value is -4.23. The predicted octanol–water partition coefficient (Wildman–Crippen LogP) is 4.84. The molecule has 36 heavy (non-hydrogen) atoms. The molecule has 3 aromatic carbocycles. The number of aromatic amines is 1. The summed E-state index contributed by atoms with van der Waals surface area (Å²) in [7, 11) is 1.56. The van der Waals surface area contributed by atoms with Crippen LogP contribution in [0.4, 0.5) is 4.39 Å². The molecule has 0 bridgehead atoms. The lowest BCUT2D eigenvalue weighted by atomic mass is 9.93. The van der Waals surface area contributed by atoms with E-state index < -0.39 is 5.91 Å². The SMILES string of the molecule is CO[n+]1cc(-c2cc(Cl)ccc2C(N)=O)ccc1[C@H](Cc1ccccc1)c1nc2cc(F)ccc2[nH]1. The van der Waals surface area contributed by atoms with Gasteiger partial charge in [0.05, 0.1) is 16.6 Å². The minimum absolute atomic E-state index is 0.244. The number of nitrogens with two attached hydrogens (primary N) is 1. The number of fused-ring (bicyclic) bond motifs is 1. The van der Waals surface area contributed by atoms with Gasteiger partial charge in [0.25, 0.3) is 0 Å². The Morgan fingerprint density at radius 2 is 1.92 bits per heavy atom. The van der Waals surface area contributed by atoms with E-state index >= 15 is 0 Å². The van der Waals surface area contributed by atoms with Crippen molar-refractivity contribution in [1.82, 2.24) is 9.97 Å². The molecule has 0 saturated heterocycles. The van der Waals surface area contributed by atoms with Gasteiger partial charge in [0.15, 0.2) is 0 Å². The molecule has 0 aliphatic heterocycles. The number of benzene rings is 3. The largest absolute Gasteiger partial charge is 0.366 e. The fraction of sp³-hybridized carbons (Fsp3) is 0.107. The highest BCUT2D eigenvalue weighted by Crippen LogP contribution is 2.30. The summed E-state index contributed by atoms with van der Waals surface area (Å²) >= 11 is 6.22. The van der Waals surface area contributed by atoms with Gasteiger partial charge in [-0.15, -0.1) is 0 Å². The van der Waals surface area contributed by atoms with Crippen molar-refractivity contribution in [3.63, 3.8) is 0 Å². The van der Waals surface area contributed by atoms with Crippen LogP contribution in [0.2, 0.25) is 5.02 Å². The summed E-state index contributed by atoms with van der Waals surface area (Å²) < 4.78 is 15.5. The number of rotatable bonds is 7. The number of hydrogen-bond donors (Lipinski definition) is 2. The van der Waals surface area contributed by atoms with E-state index in [4.69, 9.17) is 27.2 Å². The molecule has 5 rings (SSSR count). The van der Waals surface area contributed by atoms with Crippen molar-refractivity contribution in [2.45, 2.75) is 12.3 Å². The molecule has 0 unspecified atom stereocenters. The van der Waals surface area contributed by atoms with Crippen molar-refractivity contribution in [3.8, 4) is 11.1 Å². The third-order valence-electron chi connectivity index (χ3n) is 6.13. The van der Waals surface area contributed by atoms with Crippen LogP contribution in [0.15, 0.2) is 85.1 Å². The van der Waals surface area contributed by atoms with Crippen LogP contribution in [-0.2, 0) is 6.42 Å². The van der Waals surface area contributed by atoms with Crippen molar-refractivity contribution in [1.29, 1.82) is 0 Å². The van der Waals surface area contributed by atoms with Crippen molar-refractivity contribution in [2.24, 2.45) is 5.73 Å². The average molecular weight is 502 g/mol. The summed E-state index contributed by atoms with van der Waals surface area (Å²) in [6, 6.07) is 23.3. The fourth-order valence-corrected chi connectivity index (χ4v) is 4.58. The molecule has 0 aliphatic rings. The van der Waals surface area contributed by atoms with E-state index in [2.05, 4.69) is 4.98 Å². The Morgan fingerprint density at radius 1 is 1.11 bits per heavy atom. The first-order valence-electron chi connectivity index (χ1n) is 11.3. The van der Waals surface area contributed by atoms with Crippen molar-refractivity contribution < 1.29 is 18.8 Å². The molecular weight excluding hydrogens is 479 g/mol. The molecule has 180 valence electrons. The molecule has 2 heterocycles. The summed E-state index contributed by atoms with van der Waals surface area (Å²) in [5, 5.41) is 0.486. The molecule has 5 aromatic rings. The number of carbonyl (C=O) groups is 1. The van der Waals surface area contributed by atoms with Gasteiger partial charge in [-0.3, -0.25) is 9.63 Å². The third kappa shape index (κ3) is 4.65. The van der Waals surface area contributed by atoms with E-state index in [1.165, 1.54) is 12.1 Å². The van der Waals surface area contributed by atoms with Crippen LogP contribution in [-0.4, -0.2) is 23.0 Å². The first-order valence-corrected chi connectivity index (χ1v) is 11.7. The maximum Gasteiger partial charge on any atom is 0.249 e. The second kappa shape index (κ2) is 9.79.